The summed E-state index contributed by atoms with van der Waals surface area (Å²) in [6.07, 6.45) is -4.64. The molecule has 1 heterocycles. The first-order chi connectivity index (χ1) is 9.34. The fourth-order valence-corrected chi connectivity index (χ4v) is 2.24. The highest BCUT2D eigenvalue weighted by Gasteiger charge is 2.38. The van der Waals surface area contributed by atoms with E-state index >= 15 is 0 Å². The summed E-state index contributed by atoms with van der Waals surface area (Å²) in [4.78, 5) is 0. The smallest absolute Gasteiger partial charge is 0.394 e. The van der Waals surface area contributed by atoms with Crippen molar-refractivity contribution >= 4 is 28.1 Å². The Morgan fingerprint density at radius 3 is 2.35 bits per heavy atom. The number of halogens is 4. The van der Waals surface area contributed by atoms with E-state index in [0.717, 1.165) is 13.7 Å². The van der Waals surface area contributed by atoms with Gasteiger partial charge in [-0.1, -0.05) is 15.9 Å². The zero-order chi connectivity index (χ0) is 14.9. The molecule has 9 heteroatoms. The lowest BCUT2D eigenvalue weighted by atomic mass is 10.3. The second kappa shape index (κ2) is 5.66. The van der Waals surface area contributed by atoms with Gasteiger partial charge in [-0.3, -0.25) is 4.57 Å². The van der Waals surface area contributed by atoms with E-state index in [0.29, 0.717) is 0 Å². The van der Waals surface area contributed by atoms with Crippen LogP contribution in [-0.4, -0.2) is 26.1 Å². The normalized spacial score (nSPS) is 11.8. The predicted molar refractivity (Wildman–Crippen MR) is 72.2 cm³/mol. The number of aliphatic hydroxyl groups excluding tert-OH is 1. The van der Waals surface area contributed by atoms with Gasteiger partial charge in [0.2, 0.25) is 10.6 Å². The van der Waals surface area contributed by atoms with Crippen LogP contribution in [0, 0.1) is 4.77 Å². The van der Waals surface area contributed by atoms with Crippen LogP contribution in [0.5, 0.6) is 0 Å². The molecule has 0 saturated heterocycles. The van der Waals surface area contributed by atoms with Crippen LogP contribution < -0.4 is 0 Å². The van der Waals surface area contributed by atoms with Gasteiger partial charge < -0.3 is 5.11 Å². The monoisotopic (exact) mass is 367 g/mol. The van der Waals surface area contributed by atoms with Gasteiger partial charge >= 0.3 is 6.18 Å². The Hall–Kier alpha value is -1.19. The number of benzene rings is 1. The standard InChI is InChI=1S/C11H9BrF3N3OS/c12-7-1-3-8(4-2-7)18-9(11(13,14)15)16-17(5-6-19)10(18)20/h1-4,19H,5-6H2. The van der Waals surface area contributed by atoms with E-state index in [9.17, 15) is 13.2 Å². The number of hydrogen-bond acceptors (Lipinski definition) is 3. The molecule has 2 aromatic rings. The molecule has 0 fully saturated rings. The molecule has 108 valence electrons. The molecule has 0 bridgehead atoms. The Labute approximate surface area is 125 Å². The molecule has 20 heavy (non-hydrogen) atoms. The van der Waals surface area contributed by atoms with E-state index in [4.69, 9.17) is 17.3 Å². The summed E-state index contributed by atoms with van der Waals surface area (Å²) in [5.41, 5.74) is 0.259. The van der Waals surface area contributed by atoms with Crippen LogP contribution in [0.1, 0.15) is 5.82 Å². The van der Waals surface area contributed by atoms with Crippen LogP contribution in [0.15, 0.2) is 28.7 Å². The van der Waals surface area contributed by atoms with E-state index in [-0.39, 0.29) is 23.6 Å². The topological polar surface area (TPSA) is 43.0 Å². The molecule has 0 spiro atoms. The van der Waals surface area contributed by atoms with Crippen LogP contribution in [-0.2, 0) is 12.7 Å². The van der Waals surface area contributed by atoms with Gasteiger partial charge in [-0.15, -0.1) is 5.10 Å². The van der Waals surface area contributed by atoms with Crippen molar-refractivity contribution in [2.45, 2.75) is 12.7 Å². The van der Waals surface area contributed by atoms with Crippen LogP contribution in [0.25, 0.3) is 5.69 Å². The zero-order valence-electron chi connectivity index (χ0n) is 9.93. The summed E-state index contributed by atoms with van der Waals surface area (Å²) in [5.74, 6) is -1.11. The van der Waals surface area contributed by atoms with Gasteiger partial charge in [0.15, 0.2) is 0 Å². The molecule has 1 aromatic carbocycles. The second-order valence-corrected chi connectivity index (χ2v) is 5.14. The maximum atomic E-state index is 13.0. The van der Waals surface area contributed by atoms with Gasteiger partial charge in [0.25, 0.3) is 0 Å². The number of aliphatic hydroxyl groups is 1. The van der Waals surface area contributed by atoms with Crippen molar-refractivity contribution in [2.24, 2.45) is 0 Å². The van der Waals surface area contributed by atoms with Crippen molar-refractivity contribution in [2.75, 3.05) is 6.61 Å². The van der Waals surface area contributed by atoms with Gasteiger partial charge in [-0.25, -0.2) is 4.68 Å². The molecule has 1 N–H and O–H groups in total. The summed E-state index contributed by atoms with van der Waals surface area (Å²) in [6.45, 7) is -0.436. The minimum absolute atomic E-state index is 0.0918. The van der Waals surface area contributed by atoms with Gasteiger partial charge in [-0.2, -0.15) is 13.2 Å². The van der Waals surface area contributed by atoms with Gasteiger partial charge in [0.1, 0.15) is 0 Å². The summed E-state index contributed by atoms with van der Waals surface area (Å²) >= 11 is 8.22. The van der Waals surface area contributed by atoms with Crippen LogP contribution in [0.3, 0.4) is 0 Å². The summed E-state index contributed by atoms with van der Waals surface area (Å²) in [5, 5.41) is 12.3. The predicted octanol–water partition coefficient (Wildman–Crippen LogP) is 3.18. The van der Waals surface area contributed by atoms with E-state index in [1.807, 2.05) is 0 Å². The molecule has 0 radical (unpaired) electrons. The first-order valence-electron chi connectivity index (χ1n) is 5.48. The molecule has 0 aliphatic carbocycles. The fourth-order valence-electron chi connectivity index (χ4n) is 1.65. The minimum atomic E-state index is -4.64. The number of hydrogen-bond donors (Lipinski definition) is 1. The Morgan fingerprint density at radius 1 is 1.25 bits per heavy atom. The minimum Gasteiger partial charge on any atom is -0.394 e. The summed E-state index contributed by atoms with van der Waals surface area (Å²) in [7, 11) is 0. The molecular weight excluding hydrogens is 359 g/mol. The SMILES string of the molecule is OCCn1nc(C(F)(F)F)n(-c2ccc(Br)cc2)c1=S. The Balaban J connectivity index is 2.66. The van der Waals surface area contributed by atoms with E-state index in [1.54, 1.807) is 12.1 Å². The van der Waals surface area contributed by atoms with Crippen molar-refractivity contribution in [3.63, 3.8) is 0 Å². The van der Waals surface area contributed by atoms with Gasteiger partial charge in [0.05, 0.1) is 18.8 Å². The first kappa shape index (κ1) is 15.2. The van der Waals surface area contributed by atoms with Crippen molar-refractivity contribution in [1.82, 2.24) is 14.3 Å². The molecule has 2 rings (SSSR count). The average molecular weight is 368 g/mol. The highest BCUT2D eigenvalue weighted by Crippen LogP contribution is 2.30. The third-order valence-electron chi connectivity index (χ3n) is 2.49. The number of aromatic nitrogens is 3. The van der Waals surface area contributed by atoms with Crippen LogP contribution >= 0.6 is 28.1 Å². The highest BCUT2D eigenvalue weighted by atomic mass is 79.9. The molecular formula is C11H9BrF3N3OS. The largest absolute Gasteiger partial charge is 0.452 e. The molecule has 0 amide bonds. The fraction of sp³-hybridized carbons (Fsp3) is 0.273. The molecule has 0 aliphatic rings. The molecule has 0 unspecified atom stereocenters. The van der Waals surface area contributed by atoms with E-state index in [1.165, 1.54) is 12.1 Å². The third-order valence-corrected chi connectivity index (χ3v) is 3.41. The quantitative estimate of drug-likeness (QED) is 0.847. The second-order valence-electron chi connectivity index (χ2n) is 3.86. The first-order valence-corrected chi connectivity index (χ1v) is 6.68. The van der Waals surface area contributed by atoms with Crippen molar-refractivity contribution in [3.05, 3.63) is 39.3 Å². The molecule has 0 atom stereocenters. The average Bonchev–Trinajstić information content (AvgIpc) is 2.69. The Morgan fingerprint density at radius 2 is 1.85 bits per heavy atom. The van der Waals surface area contributed by atoms with Gasteiger partial charge in [0, 0.05) is 4.47 Å². The van der Waals surface area contributed by atoms with Crippen molar-refractivity contribution < 1.29 is 18.3 Å². The zero-order valence-corrected chi connectivity index (χ0v) is 12.3. The lowest BCUT2D eigenvalue weighted by Crippen LogP contribution is -2.14. The van der Waals surface area contributed by atoms with E-state index < -0.39 is 12.0 Å². The van der Waals surface area contributed by atoms with Crippen LogP contribution in [0.2, 0.25) is 0 Å². The lowest BCUT2D eigenvalue weighted by Gasteiger charge is -2.09. The Bertz CT molecular complexity index is 663. The van der Waals surface area contributed by atoms with Crippen molar-refractivity contribution in [3.8, 4) is 5.69 Å². The third kappa shape index (κ3) is 2.94. The van der Waals surface area contributed by atoms with Crippen LogP contribution in [0.4, 0.5) is 13.2 Å². The molecule has 0 saturated carbocycles. The number of rotatable bonds is 3. The highest BCUT2D eigenvalue weighted by molar-refractivity contribution is 9.10. The van der Waals surface area contributed by atoms with Crippen molar-refractivity contribution in [1.29, 1.82) is 0 Å². The molecule has 4 nitrogen and oxygen atoms in total. The maximum Gasteiger partial charge on any atom is 0.452 e. The summed E-state index contributed by atoms with van der Waals surface area (Å²) in [6, 6.07) is 6.22. The maximum absolute atomic E-state index is 13.0. The van der Waals surface area contributed by atoms with E-state index in [2.05, 4.69) is 21.0 Å². The number of alkyl halides is 3. The lowest BCUT2D eigenvalue weighted by molar-refractivity contribution is -0.146. The molecule has 1 aromatic heterocycles. The summed E-state index contributed by atoms with van der Waals surface area (Å²) < 4.78 is 41.5. The molecule has 0 aliphatic heterocycles. The number of nitrogens with zero attached hydrogens (tertiary/aromatic N) is 3. The van der Waals surface area contributed by atoms with Gasteiger partial charge in [-0.05, 0) is 36.5 Å². The Kier molecular flexibility index (Phi) is 4.31.